The van der Waals surface area contributed by atoms with Crippen molar-refractivity contribution < 1.29 is 0 Å². The molecule has 1 saturated heterocycles. The maximum atomic E-state index is 4.25. The molecule has 0 radical (unpaired) electrons. The highest BCUT2D eigenvalue weighted by molar-refractivity contribution is 9.10. The fourth-order valence-corrected chi connectivity index (χ4v) is 1.56. The molecule has 2 heterocycles. The van der Waals surface area contributed by atoms with Gasteiger partial charge in [-0.3, -0.25) is 0 Å². The molecular weight excluding hydrogens is 218 g/mol. The first-order valence-electron chi connectivity index (χ1n) is 3.98. The van der Waals surface area contributed by atoms with E-state index in [1.54, 1.807) is 12.4 Å². The van der Waals surface area contributed by atoms with Gasteiger partial charge in [-0.15, -0.1) is 0 Å². The second-order valence-corrected chi connectivity index (χ2v) is 4.02. The smallest absolute Gasteiger partial charge is 0.147 e. The fourth-order valence-electron chi connectivity index (χ4n) is 1.35. The van der Waals surface area contributed by atoms with Gasteiger partial charge in [0, 0.05) is 13.1 Å². The standard InChI is InChI=1S/C8H10BrN3/c1-6-4-12(5-6)8-3-10-7(9)2-11-8/h2-3,6H,4-5H2,1H3. The molecule has 3 nitrogen and oxygen atoms in total. The first kappa shape index (κ1) is 7.98. The van der Waals surface area contributed by atoms with Crippen molar-refractivity contribution in [2.45, 2.75) is 6.92 Å². The van der Waals surface area contributed by atoms with Crippen molar-refractivity contribution in [1.82, 2.24) is 9.97 Å². The van der Waals surface area contributed by atoms with Crippen LogP contribution >= 0.6 is 15.9 Å². The van der Waals surface area contributed by atoms with Gasteiger partial charge in [0.15, 0.2) is 0 Å². The van der Waals surface area contributed by atoms with Crippen molar-refractivity contribution in [3.63, 3.8) is 0 Å². The molecule has 1 aliphatic rings. The van der Waals surface area contributed by atoms with Crippen LogP contribution in [0.3, 0.4) is 0 Å². The third-order valence-corrected chi connectivity index (χ3v) is 2.40. The van der Waals surface area contributed by atoms with Crippen molar-refractivity contribution in [3.05, 3.63) is 17.0 Å². The Morgan fingerprint density at radius 3 is 2.67 bits per heavy atom. The summed E-state index contributed by atoms with van der Waals surface area (Å²) in [5, 5.41) is 0. The highest BCUT2D eigenvalue weighted by Crippen LogP contribution is 2.21. The second-order valence-electron chi connectivity index (χ2n) is 3.21. The van der Waals surface area contributed by atoms with E-state index in [0.717, 1.165) is 29.4 Å². The molecule has 4 heteroatoms. The number of anilines is 1. The first-order valence-corrected chi connectivity index (χ1v) is 4.77. The van der Waals surface area contributed by atoms with Crippen molar-refractivity contribution in [2.24, 2.45) is 5.92 Å². The molecule has 1 fully saturated rings. The van der Waals surface area contributed by atoms with Gasteiger partial charge in [-0.2, -0.15) is 0 Å². The van der Waals surface area contributed by atoms with Crippen LogP contribution in [0, 0.1) is 5.92 Å². The highest BCUT2D eigenvalue weighted by atomic mass is 79.9. The largest absolute Gasteiger partial charge is 0.355 e. The molecule has 12 heavy (non-hydrogen) atoms. The summed E-state index contributed by atoms with van der Waals surface area (Å²) < 4.78 is 0.792. The Labute approximate surface area is 80.0 Å². The van der Waals surface area contributed by atoms with Crippen molar-refractivity contribution in [3.8, 4) is 0 Å². The van der Waals surface area contributed by atoms with Crippen LogP contribution in [0.1, 0.15) is 6.92 Å². The summed E-state index contributed by atoms with van der Waals surface area (Å²) in [6.45, 7) is 4.45. The number of rotatable bonds is 1. The van der Waals surface area contributed by atoms with E-state index >= 15 is 0 Å². The predicted octanol–water partition coefficient (Wildman–Crippen LogP) is 1.70. The van der Waals surface area contributed by atoms with Crippen LogP contribution in [0.4, 0.5) is 5.82 Å². The molecule has 0 spiro atoms. The van der Waals surface area contributed by atoms with Gasteiger partial charge in [-0.1, -0.05) is 6.92 Å². The molecule has 0 amide bonds. The molecule has 0 N–H and O–H groups in total. The second kappa shape index (κ2) is 3.01. The van der Waals surface area contributed by atoms with Gasteiger partial charge in [0.25, 0.3) is 0 Å². The van der Waals surface area contributed by atoms with Crippen LogP contribution in [-0.2, 0) is 0 Å². The van der Waals surface area contributed by atoms with Gasteiger partial charge in [0.2, 0.25) is 0 Å². The van der Waals surface area contributed by atoms with E-state index in [2.05, 4.69) is 37.7 Å². The van der Waals surface area contributed by atoms with Crippen LogP contribution in [0.5, 0.6) is 0 Å². The average molecular weight is 228 g/mol. The summed E-state index contributed by atoms with van der Waals surface area (Å²) in [7, 11) is 0. The lowest BCUT2D eigenvalue weighted by Gasteiger charge is -2.37. The number of nitrogens with zero attached hydrogens (tertiary/aromatic N) is 3. The molecule has 1 aliphatic heterocycles. The van der Waals surface area contributed by atoms with E-state index in [9.17, 15) is 0 Å². The zero-order valence-electron chi connectivity index (χ0n) is 6.87. The number of halogens is 1. The van der Waals surface area contributed by atoms with Gasteiger partial charge in [0.05, 0.1) is 12.4 Å². The van der Waals surface area contributed by atoms with Gasteiger partial charge in [-0.05, 0) is 21.8 Å². The fraction of sp³-hybridized carbons (Fsp3) is 0.500. The molecular formula is C8H10BrN3. The number of hydrogen-bond acceptors (Lipinski definition) is 3. The third kappa shape index (κ3) is 1.43. The van der Waals surface area contributed by atoms with Crippen molar-refractivity contribution >= 4 is 21.7 Å². The predicted molar refractivity (Wildman–Crippen MR) is 51.1 cm³/mol. The summed E-state index contributed by atoms with van der Waals surface area (Å²) in [6, 6.07) is 0. The molecule has 64 valence electrons. The molecule has 2 rings (SSSR count). The van der Waals surface area contributed by atoms with E-state index in [-0.39, 0.29) is 0 Å². The first-order chi connectivity index (χ1) is 5.75. The summed E-state index contributed by atoms with van der Waals surface area (Å²) in [6.07, 6.45) is 3.54. The maximum absolute atomic E-state index is 4.25. The van der Waals surface area contributed by atoms with E-state index in [4.69, 9.17) is 0 Å². The summed E-state index contributed by atoms with van der Waals surface area (Å²) >= 11 is 3.25. The Hall–Kier alpha value is -0.640. The van der Waals surface area contributed by atoms with Gasteiger partial charge in [-0.25, -0.2) is 9.97 Å². The Kier molecular flexibility index (Phi) is 2.00. The SMILES string of the molecule is CC1CN(c2cnc(Br)cn2)C1. The third-order valence-electron chi connectivity index (χ3n) is 1.99. The Balaban J connectivity index is 2.09. The molecule has 0 bridgehead atoms. The number of aromatic nitrogens is 2. The quantitative estimate of drug-likeness (QED) is 0.732. The summed E-state index contributed by atoms with van der Waals surface area (Å²) in [4.78, 5) is 10.6. The summed E-state index contributed by atoms with van der Waals surface area (Å²) in [5.41, 5.74) is 0. The van der Waals surface area contributed by atoms with E-state index in [1.165, 1.54) is 0 Å². The Morgan fingerprint density at radius 1 is 1.42 bits per heavy atom. The molecule has 0 aromatic carbocycles. The molecule has 0 aliphatic carbocycles. The average Bonchev–Trinajstić information content (AvgIpc) is 2.01. The van der Waals surface area contributed by atoms with Crippen LogP contribution in [0.15, 0.2) is 17.0 Å². The minimum Gasteiger partial charge on any atom is -0.355 e. The van der Waals surface area contributed by atoms with E-state index in [1.807, 2.05) is 0 Å². The highest BCUT2D eigenvalue weighted by Gasteiger charge is 2.23. The van der Waals surface area contributed by atoms with Crippen LogP contribution < -0.4 is 4.90 Å². The zero-order valence-corrected chi connectivity index (χ0v) is 8.45. The lowest BCUT2D eigenvalue weighted by Crippen LogP contribution is -2.45. The van der Waals surface area contributed by atoms with E-state index in [0.29, 0.717) is 0 Å². The van der Waals surface area contributed by atoms with Crippen molar-refractivity contribution in [1.29, 1.82) is 0 Å². The molecule has 0 saturated carbocycles. The summed E-state index contributed by atoms with van der Waals surface area (Å²) in [5.74, 6) is 1.78. The van der Waals surface area contributed by atoms with Gasteiger partial charge in [0.1, 0.15) is 10.4 Å². The topological polar surface area (TPSA) is 29.0 Å². The van der Waals surface area contributed by atoms with Gasteiger partial charge < -0.3 is 4.90 Å². The lowest BCUT2D eigenvalue weighted by molar-refractivity contribution is 0.443. The molecule has 1 aromatic rings. The Bertz CT molecular complexity index is 266. The van der Waals surface area contributed by atoms with Crippen molar-refractivity contribution in [2.75, 3.05) is 18.0 Å². The molecule has 1 aromatic heterocycles. The van der Waals surface area contributed by atoms with Crippen LogP contribution in [-0.4, -0.2) is 23.1 Å². The molecule has 0 unspecified atom stereocenters. The zero-order chi connectivity index (χ0) is 8.55. The maximum Gasteiger partial charge on any atom is 0.147 e. The monoisotopic (exact) mass is 227 g/mol. The normalized spacial score (nSPS) is 17.7. The van der Waals surface area contributed by atoms with E-state index < -0.39 is 0 Å². The lowest BCUT2D eigenvalue weighted by atomic mass is 10.0. The van der Waals surface area contributed by atoms with Crippen LogP contribution in [0.25, 0.3) is 0 Å². The van der Waals surface area contributed by atoms with Crippen LogP contribution in [0.2, 0.25) is 0 Å². The minimum atomic E-state index is 0.792. The Morgan fingerprint density at radius 2 is 2.17 bits per heavy atom. The number of hydrogen-bond donors (Lipinski definition) is 0. The van der Waals surface area contributed by atoms with Gasteiger partial charge >= 0.3 is 0 Å². The molecule has 0 atom stereocenters. The minimum absolute atomic E-state index is 0.792.